The van der Waals surface area contributed by atoms with Crippen LogP contribution in [0.1, 0.15) is 55.0 Å². The normalized spacial score (nSPS) is 14.8. The van der Waals surface area contributed by atoms with Crippen molar-refractivity contribution in [3.63, 3.8) is 0 Å². The van der Waals surface area contributed by atoms with E-state index in [1.54, 1.807) is 17.6 Å². The van der Waals surface area contributed by atoms with Crippen molar-refractivity contribution in [3.8, 4) is 18.1 Å². The highest BCUT2D eigenvalue weighted by atomic mass is 32.1. The number of carbonyl (C=O) groups is 1. The van der Waals surface area contributed by atoms with Gasteiger partial charge in [0.1, 0.15) is 12.4 Å². The van der Waals surface area contributed by atoms with Gasteiger partial charge in [-0.2, -0.15) is 0 Å². The van der Waals surface area contributed by atoms with E-state index in [9.17, 15) is 9.59 Å². The number of hydrogen-bond acceptors (Lipinski definition) is 6. The molecule has 0 bridgehead atoms. The van der Waals surface area contributed by atoms with Crippen molar-refractivity contribution in [1.82, 2.24) is 4.57 Å². The number of hydrogen-bond donors (Lipinski definition) is 0. The highest BCUT2D eigenvalue weighted by Crippen LogP contribution is 2.35. The van der Waals surface area contributed by atoms with Crippen LogP contribution in [-0.2, 0) is 9.53 Å². The first-order valence-corrected chi connectivity index (χ1v) is 14.3. The van der Waals surface area contributed by atoms with Crippen molar-refractivity contribution < 1.29 is 14.3 Å². The lowest BCUT2D eigenvalue weighted by Gasteiger charge is -2.26. The molecule has 1 atom stereocenters. The second-order valence-corrected chi connectivity index (χ2v) is 10.8. The van der Waals surface area contributed by atoms with Gasteiger partial charge in [0.15, 0.2) is 4.80 Å². The first-order valence-electron chi connectivity index (χ1n) is 13.5. The van der Waals surface area contributed by atoms with Crippen molar-refractivity contribution in [1.29, 1.82) is 0 Å². The second kappa shape index (κ2) is 12.2. The smallest absolute Gasteiger partial charge is 0.338 e. The van der Waals surface area contributed by atoms with E-state index in [1.165, 1.54) is 11.3 Å². The Morgan fingerprint density at radius 1 is 1.07 bits per heavy atom. The number of nitrogens with zero attached hydrogens (tertiary/aromatic N) is 2. The second-order valence-electron chi connectivity index (χ2n) is 9.78. The molecule has 1 unspecified atom stereocenters. The maximum absolute atomic E-state index is 14.1. The fourth-order valence-corrected chi connectivity index (χ4v) is 5.80. The number of esters is 1. The number of fused-ring (bicyclic) bond motifs is 1. The average molecular weight is 563 g/mol. The van der Waals surface area contributed by atoms with Crippen LogP contribution >= 0.6 is 11.3 Å². The molecule has 4 aromatic rings. The van der Waals surface area contributed by atoms with E-state index in [1.807, 2.05) is 78.9 Å². The van der Waals surface area contributed by atoms with Crippen LogP contribution in [0.15, 0.2) is 94.2 Å². The largest absolute Gasteiger partial charge is 0.480 e. The Balaban J connectivity index is 1.79. The number of rotatable bonds is 8. The predicted molar refractivity (Wildman–Crippen MR) is 162 cm³/mol. The van der Waals surface area contributed by atoms with Gasteiger partial charge in [0, 0.05) is 11.1 Å². The quantitative estimate of drug-likeness (QED) is 0.222. The standard InChI is InChI=1S/C34H30N2O4S/c1-5-20-40-27-15-11-10-14-26(27)21-28-32(37)36-31(25-18-16-23(17-19-25)22(3)4)29(33(38)39-6-2)30(35-34(36)41-28)24-12-8-7-9-13-24/h1,7-19,21-22,31H,6,20H2,2-4H3. The van der Waals surface area contributed by atoms with Crippen LogP contribution in [-0.4, -0.2) is 23.8 Å². The predicted octanol–water partition coefficient (Wildman–Crippen LogP) is 5.07. The number of ether oxygens (including phenoxy) is 2. The van der Waals surface area contributed by atoms with Crippen LogP contribution in [0, 0.1) is 12.3 Å². The summed E-state index contributed by atoms with van der Waals surface area (Å²) in [4.78, 5) is 33.1. The van der Waals surface area contributed by atoms with Gasteiger partial charge in [0.2, 0.25) is 0 Å². The Kier molecular flexibility index (Phi) is 8.32. The number of terminal acetylenes is 1. The Hall–Kier alpha value is -4.67. The molecular weight excluding hydrogens is 532 g/mol. The minimum Gasteiger partial charge on any atom is -0.480 e. The van der Waals surface area contributed by atoms with Crippen molar-refractivity contribution >= 4 is 29.1 Å². The van der Waals surface area contributed by atoms with E-state index >= 15 is 0 Å². The van der Waals surface area contributed by atoms with Gasteiger partial charge in [-0.1, -0.05) is 104 Å². The highest BCUT2D eigenvalue weighted by molar-refractivity contribution is 7.07. The zero-order chi connectivity index (χ0) is 28.9. The molecule has 0 fully saturated rings. The molecule has 5 rings (SSSR count). The third-order valence-electron chi connectivity index (χ3n) is 6.81. The Morgan fingerprint density at radius 3 is 2.46 bits per heavy atom. The summed E-state index contributed by atoms with van der Waals surface area (Å²) < 4.78 is 13.3. The summed E-state index contributed by atoms with van der Waals surface area (Å²) in [6.07, 6.45) is 7.18. The first-order chi connectivity index (χ1) is 19.9. The number of benzene rings is 3. The number of carbonyl (C=O) groups excluding carboxylic acids is 1. The molecule has 0 aliphatic carbocycles. The van der Waals surface area contributed by atoms with Gasteiger partial charge in [-0.3, -0.25) is 9.36 Å². The van der Waals surface area contributed by atoms with Crippen LogP contribution in [0.5, 0.6) is 5.75 Å². The van der Waals surface area contributed by atoms with Crippen molar-refractivity contribution in [2.45, 2.75) is 32.7 Å². The van der Waals surface area contributed by atoms with Gasteiger partial charge in [0.25, 0.3) is 5.56 Å². The van der Waals surface area contributed by atoms with Crippen molar-refractivity contribution in [3.05, 3.63) is 126 Å². The molecule has 0 radical (unpaired) electrons. The molecule has 0 saturated heterocycles. The van der Waals surface area contributed by atoms with Gasteiger partial charge >= 0.3 is 5.97 Å². The Morgan fingerprint density at radius 2 is 1.78 bits per heavy atom. The summed E-state index contributed by atoms with van der Waals surface area (Å²) in [6.45, 7) is 6.33. The van der Waals surface area contributed by atoms with E-state index < -0.39 is 12.0 Å². The Bertz CT molecular complexity index is 1820. The molecule has 2 heterocycles. The summed E-state index contributed by atoms with van der Waals surface area (Å²) in [5.41, 5.74) is 4.01. The maximum atomic E-state index is 14.1. The fourth-order valence-electron chi connectivity index (χ4n) is 4.81. The van der Waals surface area contributed by atoms with E-state index in [0.29, 0.717) is 32.3 Å². The molecule has 6 nitrogen and oxygen atoms in total. The van der Waals surface area contributed by atoms with E-state index in [2.05, 4.69) is 19.8 Å². The third kappa shape index (κ3) is 5.65. The summed E-state index contributed by atoms with van der Waals surface area (Å²) in [7, 11) is 0. The monoisotopic (exact) mass is 562 g/mol. The van der Waals surface area contributed by atoms with Crippen molar-refractivity contribution in [2.24, 2.45) is 4.99 Å². The van der Waals surface area contributed by atoms with E-state index in [0.717, 1.165) is 22.3 Å². The molecule has 0 N–H and O–H groups in total. The number of para-hydroxylation sites is 1. The van der Waals surface area contributed by atoms with Crippen LogP contribution in [0.2, 0.25) is 0 Å². The molecule has 41 heavy (non-hydrogen) atoms. The van der Waals surface area contributed by atoms with Gasteiger partial charge in [-0.25, -0.2) is 9.79 Å². The molecule has 1 aromatic heterocycles. The minimum absolute atomic E-state index is 0.113. The average Bonchev–Trinajstić information content (AvgIpc) is 3.30. The summed E-state index contributed by atoms with van der Waals surface area (Å²) in [5.74, 6) is 2.89. The lowest BCUT2D eigenvalue weighted by Crippen LogP contribution is -2.40. The lowest BCUT2D eigenvalue weighted by molar-refractivity contribution is -0.138. The van der Waals surface area contributed by atoms with Crippen LogP contribution < -0.4 is 19.6 Å². The molecule has 0 amide bonds. The fraction of sp³-hybridized carbons (Fsp3) is 0.206. The van der Waals surface area contributed by atoms with Crippen LogP contribution in [0.25, 0.3) is 11.8 Å². The third-order valence-corrected chi connectivity index (χ3v) is 7.79. The molecule has 3 aromatic carbocycles. The molecule has 0 spiro atoms. The molecular formula is C34H30N2O4S. The topological polar surface area (TPSA) is 69.9 Å². The Labute approximate surface area is 242 Å². The minimum atomic E-state index is -0.725. The molecule has 206 valence electrons. The maximum Gasteiger partial charge on any atom is 0.338 e. The van der Waals surface area contributed by atoms with Gasteiger partial charge in [-0.15, -0.1) is 6.42 Å². The van der Waals surface area contributed by atoms with Gasteiger partial charge < -0.3 is 9.47 Å². The number of aromatic nitrogens is 1. The van der Waals surface area contributed by atoms with E-state index in [4.69, 9.17) is 20.9 Å². The highest BCUT2D eigenvalue weighted by Gasteiger charge is 2.35. The van der Waals surface area contributed by atoms with Crippen molar-refractivity contribution in [2.75, 3.05) is 13.2 Å². The summed E-state index contributed by atoms with van der Waals surface area (Å²) in [5, 5.41) is 0. The molecule has 7 heteroatoms. The zero-order valence-electron chi connectivity index (χ0n) is 23.2. The van der Waals surface area contributed by atoms with E-state index in [-0.39, 0.29) is 18.8 Å². The molecule has 1 aliphatic heterocycles. The first kappa shape index (κ1) is 27.9. The summed E-state index contributed by atoms with van der Waals surface area (Å²) >= 11 is 1.27. The summed E-state index contributed by atoms with van der Waals surface area (Å²) in [6, 6.07) is 24.2. The zero-order valence-corrected chi connectivity index (χ0v) is 24.0. The number of thiazole rings is 1. The molecule has 1 aliphatic rings. The van der Waals surface area contributed by atoms with Crippen LogP contribution in [0.3, 0.4) is 0 Å². The molecule has 0 saturated carbocycles. The van der Waals surface area contributed by atoms with Gasteiger partial charge in [-0.05, 0) is 36.1 Å². The lowest BCUT2D eigenvalue weighted by atomic mass is 9.91. The van der Waals surface area contributed by atoms with Gasteiger partial charge in [0.05, 0.1) is 28.5 Å². The SMILES string of the molecule is C#CCOc1ccccc1C=c1sc2n(c1=O)C(c1ccc(C(C)C)cc1)C(C(=O)OCC)=C(c1ccccc1)N=2. The van der Waals surface area contributed by atoms with Crippen LogP contribution in [0.4, 0.5) is 0 Å².